The number of alkyl halides is 1. The minimum atomic E-state index is 0.941. The molecule has 0 atom stereocenters. The number of aryl methyl sites for hydroxylation is 1. The summed E-state index contributed by atoms with van der Waals surface area (Å²) in [5, 5.41) is 0.941. The van der Waals surface area contributed by atoms with Crippen LogP contribution < -0.4 is 4.90 Å². The molecule has 3 heteroatoms. The molecular weight excluding hydrogens is 276 g/mol. The fraction of sp³-hybridized carbons (Fsp3) is 0.571. The lowest BCUT2D eigenvalue weighted by molar-refractivity contribution is 0.360. The van der Waals surface area contributed by atoms with Gasteiger partial charge in [-0.1, -0.05) is 33.6 Å². The predicted molar refractivity (Wildman–Crippen MR) is 78.1 cm³/mol. The number of halogens is 1. The van der Waals surface area contributed by atoms with E-state index in [0.717, 1.165) is 18.4 Å². The Bertz CT molecular complexity index is 378. The molecule has 17 heavy (non-hydrogen) atoms. The molecular formula is C14H21BrN2. The van der Waals surface area contributed by atoms with Crippen LogP contribution in [-0.2, 0) is 5.33 Å². The van der Waals surface area contributed by atoms with Gasteiger partial charge in [0.25, 0.3) is 0 Å². The predicted octanol–water partition coefficient (Wildman–Crippen LogP) is 3.03. The third-order valence-electron chi connectivity index (χ3n) is 3.44. The topological polar surface area (TPSA) is 6.48 Å². The summed E-state index contributed by atoms with van der Waals surface area (Å²) in [6.45, 7) is 6.85. The largest absolute Gasteiger partial charge is 0.370 e. The number of nitrogens with zero attached hydrogens (tertiary/aromatic N) is 2. The van der Waals surface area contributed by atoms with Crippen molar-refractivity contribution in [1.29, 1.82) is 0 Å². The summed E-state index contributed by atoms with van der Waals surface area (Å²) in [5.74, 6) is 0. The summed E-state index contributed by atoms with van der Waals surface area (Å²) in [6, 6.07) is 6.78. The second-order valence-corrected chi connectivity index (χ2v) is 5.47. The van der Waals surface area contributed by atoms with Crippen LogP contribution in [0.5, 0.6) is 0 Å². The van der Waals surface area contributed by atoms with Crippen molar-refractivity contribution >= 4 is 21.6 Å². The highest BCUT2D eigenvalue weighted by Crippen LogP contribution is 2.25. The summed E-state index contributed by atoms with van der Waals surface area (Å²) < 4.78 is 0. The standard InChI is InChI=1S/C14H21BrN2/c1-12-4-5-14(13(10-12)11-15)17-7-3-6-16(2)8-9-17/h4-5,10H,3,6-9,11H2,1-2H3. The smallest absolute Gasteiger partial charge is 0.0407 e. The average Bonchev–Trinajstić information content (AvgIpc) is 2.54. The summed E-state index contributed by atoms with van der Waals surface area (Å²) in [7, 11) is 2.21. The Kier molecular flexibility index (Phi) is 4.46. The first-order chi connectivity index (χ1) is 8.20. The molecule has 2 nitrogen and oxygen atoms in total. The number of likely N-dealkylation sites (N-methyl/N-ethyl adjacent to an activating group) is 1. The number of rotatable bonds is 2. The minimum Gasteiger partial charge on any atom is -0.370 e. The molecule has 0 aliphatic carbocycles. The van der Waals surface area contributed by atoms with Crippen LogP contribution in [0.3, 0.4) is 0 Å². The Balaban J connectivity index is 2.20. The molecule has 1 saturated heterocycles. The minimum absolute atomic E-state index is 0.941. The van der Waals surface area contributed by atoms with Gasteiger partial charge in [0, 0.05) is 30.7 Å². The molecule has 1 aromatic rings. The normalized spacial score (nSPS) is 18.2. The van der Waals surface area contributed by atoms with Crippen LogP contribution in [0.1, 0.15) is 17.5 Å². The summed E-state index contributed by atoms with van der Waals surface area (Å²) in [5.41, 5.74) is 4.16. The molecule has 1 aliphatic rings. The zero-order valence-corrected chi connectivity index (χ0v) is 12.3. The maximum atomic E-state index is 3.60. The van der Waals surface area contributed by atoms with Gasteiger partial charge >= 0.3 is 0 Å². The van der Waals surface area contributed by atoms with Gasteiger partial charge in [0.05, 0.1) is 0 Å². The molecule has 1 aromatic carbocycles. The lowest BCUT2D eigenvalue weighted by Gasteiger charge is -2.25. The maximum Gasteiger partial charge on any atom is 0.0407 e. The fourth-order valence-corrected chi connectivity index (χ4v) is 2.87. The molecule has 0 radical (unpaired) electrons. The molecule has 0 spiro atoms. The number of hydrogen-bond donors (Lipinski definition) is 0. The van der Waals surface area contributed by atoms with Crippen molar-refractivity contribution in [2.24, 2.45) is 0 Å². The van der Waals surface area contributed by atoms with Crippen molar-refractivity contribution in [2.45, 2.75) is 18.7 Å². The molecule has 2 rings (SSSR count). The van der Waals surface area contributed by atoms with E-state index in [2.05, 4.69) is 57.9 Å². The van der Waals surface area contributed by atoms with E-state index in [4.69, 9.17) is 0 Å². The van der Waals surface area contributed by atoms with Crippen molar-refractivity contribution in [2.75, 3.05) is 38.1 Å². The van der Waals surface area contributed by atoms with Gasteiger partial charge in [-0.15, -0.1) is 0 Å². The zero-order valence-electron chi connectivity index (χ0n) is 10.7. The molecule has 0 aromatic heterocycles. The Morgan fingerprint density at radius 3 is 2.76 bits per heavy atom. The number of anilines is 1. The second kappa shape index (κ2) is 5.87. The summed E-state index contributed by atoms with van der Waals surface area (Å²) in [4.78, 5) is 4.95. The first-order valence-corrected chi connectivity index (χ1v) is 7.42. The van der Waals surface area contributed by atoms with Crippen LogP contribution >= 0.6 is 15.9 Å². The van der Waals surface area contributed by atoms with E-state index in [1.54, 1.807) is 0 Å². The molecule has 0 unspecified atom stereocenters. The van der Waals surface area contributed by atoms with Crippen molar-refractivity contribution in [3.63, 3.8) is 0 Å². The number of hydrogen-bond acceptors (Lipinski definition) is 2. The Hall–Kier alpha value is -0.540. The Morgan fingerprint density at radius 2 is 2.00 bits per heavy atom. The van der Waals surface area contributed by atoms with Gasteiger partial charge < -0.3 is 9.80 Å². The average molecular weight is 297 g/mol. The van der Waals surface area contributed by atoms with Gasteiger partial charge in [0.2, 0.25) is 0 Å². The molecule has 94 valence electrons. The van der Waals surface area contributed by atoms with Gasteiger partial charge in [-0.3, -0.25) is 0 Å². The van der Waals surface area contributed by atoms with Crippen LogP contribution in [-0.4, -0.2) is 38.1 Å². The van der Waals surface area contributed by atoms with E-state index in [1.807, 2.05) is 0 Å². The SMILES string of the molecule is Cc1ccc(N2CCCN(C)CC2)c(CBr)c1. The van der Waals surface area contributed by atoms with Gasteiger partial charge in [-0.05, 0) is 38.6 Å². The monoisotopic (exact) mass is 296 g/mol. The highest BCUT2D eigenvalue weighted by Gasteiger charge is 2.14. The number of benzene rings is 1. The van der Waals surface area contributed by atoms with Crippen LogP contribution in [0.2, 0.25) is 0 Å². The van der Waals surface area contributed by atoms with Crippen LogP contribution in [0.25, 0.3) is 0 Å². The van der Waals surface area contributed by atoms with E-state index in [9.17, 15) is 0 Å². The highest BCUT2D eigenvalue weighted by atomic mass is 79.9. The van der Waals surface area contributed by atoms with Gasteiger partial charge in [0.15, 0.2) is 0 Å². The van der Waals surface area contributed by atoms with Crippen molar-refractivity contribution in [3.05, 3.63) is 29.3 Å². The van der Waals surface area contributed by atoms with Crippen molar-refractivity contribution in [1.82, 2.24) is 4.90 Å². The fourth-order valence-electron chi connectivity index (χ4n) is 2.42. The summed E-state index contributed by atoms with van der Waals surface area (Å²) >= 11 is 3.60. The van der Waals surface area contributed by atoms with E-state index in [1.165, 1.54) is 36.3 Å². The van der Waals surface area contributed by atoms with E-state index >= 15 is 0 Å². The van der Waals surface area contributed by atoms with Crippen LogP contribution in [0.4, 0.5) is 5.69 Å². The summed E-state index contributed by atoms with van der Waals surface area (Å²) in [6.07, 6.45) is 1.26. The molecule has 1 heterocycles. The lowest BCUT2D eigenvalue weighted by Crippen LogP contribution is -2.29. The molecule has 1 fully saturated rings. The van der Waals surface area contributed by atoms with Gasteiger partial charge in [0.1, 0.15) is 0 Å². The van der Waals surface area contributed by atoms with Gasteiger partial charge in [-0.25, -0.2) is 0 Å². The molecule has 1 aliphatic heterocycles. The van der Waals surface area contributed by atoms with Gasteiger partial charge in [-0.2, -0.15) is 0 Å². The quantitative estimate of drug-likeness (QED) is 0.774. The third kappa shape index (κ3) is 3.23. The van der Waals surface area contributed by atoms with E-state index in [-0.39, 0.29) is 0 Å². The van der Waals surface area contributed by atoms with Crippen LogP contribution in [0.15, 0.2) is 18.2 Å². The first kappa shape index (κ1) is 12.9. The Morgan fingerprint density at radius 1 is 1.18 bits per heavy atom. The molecule has 0 N–H and O–H groups in total. The van der Waals surface area contributed by atoms with Crippen LogP contribution in [0, 0.1) is 6.92 Å². The van der Waals surface area contributed by atoms with Crippen molar-refractivity contribution in [3.8, 4) is 0 Å². The highest BCUT2D eigenvalue weighted by molar-refractivity contribution is 9.08. The molecule has 0 amide bonds. The van der Waals surface area contributed by atoms with E-state index < -0.39 is 0 Å². The van der Waals surface area contributed by atoms with E-state index in [0.29, 0.717) is 0 Å². The molecule has 0 bridgehead atoms. The maximum absolute atomic E-state index is 3.60. The first-order valence-electron chi connectivity index (χ1n) is 6.29. The lowest BCUT2D eigenvalue weighted by atomic mass is 10.1. The zero-order chi connectivity index (χ0) is 12.3. The second-order valence-electron chi connectivity index (χ2n) is 4.91. The van der Waals surface area contributed by atoms with Crippen molar-refractivity contribution < 1.29 is 0 Å². The Labute approximate surface area is 113 Å². The molecule has 0 saturated carbocycles. The third-order valence-corrected chi connectivity index (χ3v) is 4.04.